The summed E-state index contributed by atoms with van der Waals surface area (Å²) in [4.78, 5) is 0. The summed E-state index contributed by atoms with van der Waals surface area (Å²) in [5.41, 5.74) is -7.48. The molecule has 0 aromatic heterocycles. The molecule has 126 valence electrons. The minimum absolute atomic E-state index is 0.163. The fourth-order valence-corrected chi connectivity index (χ4v) is 1.79. The summed E-state index contributed by atoms with van der Waals surface area (Å²) in [7, 11) is 2.71. The Morgan fingerprint density at radius 3 is 1.27 bits per heavy atom. The molecule has 0 heterocycles. The first-order chi connectivity index (χ1) is 9.93. The van der Waals surface area contributed by atoms with Gasteiger partial charge in [0.1, 0.15) is 17.2 Å². The van der Waals surface area contributed by atoms with Crippen LogP contribution in [0.15, 0.2) is 12.1 Å². The van der Waals surface area contributed by atoms with Crippen LogP contribution in [0.5, 0.6) is 17.2 Å². The summed E-state index contributed by atoms with van der Waals surface area (Å²) >= 11 is 0. The topological polar surface area (TPSA) is 27.7 Å². The predicted molar refractivity (Wildman–Crippen MR) is 61.0 cm³/mol. The first-order valence-corrected chi connectivity index (χ1v) is 5.56. The average Bonchev–Trinajstić information content (AvgIpc) is 2.42. The van der Waals surface area contributed by atoms with E-state index in [-0.39, 0.29) is 5.75 Å². The number of halogens is 7. The second-order valence-electron chi connectivity index (χ2n) is 4.06. The van der Waals surface area contributed by atoms with E-state index in [4.69, 9.17) is 4.74 Å². The van der Waals surface area contributed by atoms with Crippen LogP contribution in [0.1, 0.15) is 5.56 Å². The SMILES string of the molecule is COc1cc(OC)c(C(F)(C(F)(F)F)C(F)(F)F)c(OC)c1. The lowest BCUT2D eigenvalue weighted by molar-refractivity contribution is -0.349. The van der Waals surface area contributed by atoms with Gasteiger partial charge in [0.15, 0.2) is 0 Å². The summed E-state index contributed by atoms with van der Waals surface area (Å²) in [6, 6.07) is 1.40. The maximum absolute atomic E-state index is 14.2. The number of alkyl halides is 7. The molecule has 0 bridgehead atoms. The highest BCUT2D eigenvalue weighted by Crippen LogP contribution is 2.58. The van der Waals surface area contributed by atoms with Crippen molar-refractivity contribution in [2.45, 2.75) is 18.0 Å². The van der Waals surface area contributed by atoms with Gasteiger partial charge in [0.2, 0.25) is 0 Å². The van der Waals surface area contributed by atoms with E-state index in [0.29, 0.717) is 12.1 Å². The van der Waals surface area contributed by atoms with Gasteiger partial charge >= 0.3 is 18.0 Å². The highest BCUT2D eigenvalue weighted by Gasteiger charge is 2.75. The van der Waals surface area contributed by atoms with Gasteiger partial charge in [0.05, 0.1) is 26.9 Å². The number of methoxy groups -OCH3 is 3. The average molecular weight is 336 g/mol. The number of benzene rings is 1. The van der Waals surface area contributed by atoms with Crippen LogP contribution >= 0.6 is 0 Å². The van der Waals surface area contributed by atoms with Crippen molar-refractivity contribution in [1.82, 2.24) is 0 Å². The highest BCUT2D eigenvalue weighted by molar-refractivity contribution is 5.55. The highest BCUT2D eigenvalue weighted by atomic mass is 19.4. The fraction of sp³-hybridized carbons (Fsp3) is 0.500. The number of ether oxygens (including phenoxy) is 3. The van der Waals surface area contributed by atoms with Crippen molar-refractivity contribution in [2.75, 3.05) is 21.3 Å². The first kappa shape index (κ1) is 18.2. The zero-order valence-corrected chi connectivity index (χ0v) is 11.5. The Morgan fingerprint density at radius 2 is 1.05 bits per heavy atom. The molecule has 0 saturated heterocycles. The maximum atomic E-state index is 14.2. The van der Waals surface area contributed by atoms with Gasteiger partial charge in [-0.3, -0.25) is 0 Å². The Bertz CT molecular complexity index is 497. The van der Waals surface area contributed by atoms with Crippen molar-refractivity contribution in [3.05, 3.63) is 17.7 Å². The zero-order chi connectivity index (χ0) is 17.3. The van der Waals surface area contributed by atoms with Gasteiger partial charge in [0.25, 0.3) is 0 Å². The Morgan fingerprint density at radius 1 is 0.682 bits per heavy atom. The summed E-state index contributed by atoms with van der Waals surface area (Å²) < 4.78 is 105. The fourth-order valence-electron chi connectivity index (χ4n) is 1.79. The lowest BCUT2D eigenvalue weighted by Gasteiger charge is -2.32. The second kappa shape index (κ2) is 5.73. The van der Waals surface area contributed by atoms with Crippen LogP contribution in [0.25, 0.3) is 0 Å². The molecule has 22 heavy (non-hydrogen) atoms. The molecule has 0 unspecified atom stereocenters. The van der Waals surface area contributed by atoms with Gasteiger partial charge < -0.3 is 14.2 Å². The molecule has 0 aliphatic carbocycles. The number of rotatable bonds is 4. The quantitative estimate of drug-likeness (QED) is 0.778. The van der Waals surface area contributed by atoms with Gasteiger partial charge in [-0.05, 0) is 0 Å². The van der Waals surface area contributed by atoms with E-state index in [2.05, 4.69) is 9.47 Å². The smallest absolute Gasteiger partial charge is 0.436 e. The molecule has 0 aliphatic heterocycles. The first-order valence-electron chi connectivity index (χ1n) is 5.56. The molecule has 0 saturated carbocycles. The van der Waals surface area contributed by atoms with E-state index >= 15 is 0 Å². The van der Waals surface area contributed by atoms with Crippen LogP contribution in [-0.4, -0.2) is 33.7 Å². The van der Waals surface area contributed by atoms with Gasteiger partial charge in [-0.1, -0.05) is 0 Å². The Kier molecular flexibility index (Phi) is 4.73. The van der Waals surface area contributed by atoms with Crippen LogP contribution < -0.4 is 14.2 Å². The largest absolute Gasteiger partial charge is 0.496 e. The molecular formula is C12H11F7O3. The van der Waals surface area contributed by atoms with E-state index in [1.54, 1.807) is 0 Å². The van der Waals surface area contributed by atoms with Crippen molar-refractivity contribution < 1.29 is 44.9 Å². The molecule has 1 aromatic carbocycles. The zero-order valence-electron chi connectivity index (χ0n) is 11.5. The summed E-state index contributed by atoms with van der Waals surface area (Å²) in [6.07, 6.45) is -12.6. The van der Waals surface area contributed by atoms with Crippen molar-refractivity contribution >= 4 is 0 Å². The number of hydrogen-bond donors (Lipinski definition) is 0. The van der Waals surface area contributed by atoms with Crippen LogP contribution in [0, 0.1) is 0 Å². The standard InChI is InChI=1S/C12H11F7O3/c1-20-6-4-7(21-2)9(8(5-6)22-3)10(13,11(14,15)16)12(17,18)19/h4-5H,1-3H3. The second-order valence-corrected chi connectivity index (χ2v) is 4.06. The van der Waals surface area contributed by atoms with E-state index in [1.807, 2.05) is 0 Å². The molecule has 0 atom stereocenters. The van der Waals surface area contributed by atoms with Crippen LogP contribution in [0.3, 0.4) is 0 Å². The van der Waals surface area contributed by atoms with Gasteiger partial charge in [-0.2, -0.15) is 26.3 Å². The summed E-state index contributed by atoms with van der Waals surface area (Å²) in [5, 5.41) is 0. The molecule has 1 aromatic rings. The molecule has 0 aliphatic rings. The minimum atomic E-state index is -6.28. The van der Waals surface area contributed by atoms with Gasteiger partial charge in [-0.15, -0.1) is 0 Å². The lowest BCUT2D eigenvalue weighted by Crippen LogP contribution is -2.50. The van der Waals surface area contributed by atoms with Crippen molar-refractivity contribution in [3.63, 3.8) is 0 Å². The van der Waals surface area contributed by atoms with Gasteiger partial charge in [0, 0.05) is 12.1 Å². The molecule has 1 rings (SSSR count). The van der Waals surface area contributed by atoms with E-state index in [0.717, 1.165) is 21.3 Å². The Hall–Kier alpha value is -1.87. The third-order valence-electron chi connectivity index (χ3n) is 2.84. The van der Waals surface area contributed by atoms with Crippen molar-refractivity contribution in [3.8, 4) is 17.2 Å². The van der Waals surface area contributed by atoms with Crippen LogP contribution in [0.4, 0.5) is 30.7 Å². The van der Waals surface area contributed by atoms with Crippen molar-refractivity contribution in [2.24, 2.45) is 0 Å². The Balaban J connectivity index is 3.84. The molecule has 0 radical (unpaired) electrons. The van der Waals surface area contributed by atoms with E-state index in [9.17, 15) is 30.7 Å². The molecule has 0 amide bonds. The molecule has 3 nitrogen and oxygen atoms in total. The molecule has 10 heteroatoms. The van der Waals surface area contributed by atoms with Gasteiger partial charge in [-0.25, -0.2) is 4.39 Å². The monoisotopic (exact) mass is 336 g/mol. The lowest BCUT2D eigenvalue weighted by atomic mass is 9.92. The summed E-state index contributed by atoms with van der Waals surface area (Å²) in [5.74, 6) is -2.18. The summed E-state index contributed by atoms with van der Waals surface area (Å²) in [6.45, 7) is 0. The Labute approximate surface area is 120 Å². The van der Waals surface area contributed by atoms with Crippen LogP contribution in [-0.2, 0) is 5.67 Å². The van der Waals surface area contributed by atoms with E-state index in [1.165, 1.54) is 0 Å². The predicted octanol–water partition coefficient (Wildman–Crippen LogP) is 4.00. The molecule has 0 spiro atoms. The third-order valence-corrected chi connectivity index (χ3v) is 2.84. The third kappa shape index (κ3) is 2.73. The van der Waals surface area contributed by atoms with E-state index < -0.39 is 35.1 Å². The molecule has 0 N–H and O–H groups in total. The maximum Gasteiger partial charge on any atom is 0.436 e. The number of hydrogen-bond acceptors (Lipinski definition) is 3. The molecular weight excluding hydrogens is 325 g/mol. The molecule has 0 fully saturated rings. The normalized spacial score (nSPS) is 13.0. The van der Waals surface area contributed by atoms with Crippen LogP contribution in [0.2, 0.25) is 0 Å². The minimum Gasteiger partial charge on any atom is -0.496 e. The van der Waals surface area contributed by atoms with Crippen molar-refractivity contribution in [1.29, 1.82) is 0 Å².